The highest BCUT2D eigenvalue weighted by atomic mass is 31.2. The number of phosphoric ester groups is 1. The number of hydrogen-bond donors (Lipinski definition) is 1. The lowest BCUT2D eigenvalue weighted by atomic mass is 9.77. The molecule has 6 rings (SSSR count). The number of carbonyl (C=O) groups is 3. The van der Waals surface area contributed by atoms with Gasteiger partial charge >= 0.3 is 20.0 Å². The predicted octanol–water partition coefficient (Wildman–Crippen LogP) is 4.82. The zero-order chi connectivity index (χ0) is 38.8. The first kappa shape index (κ1) is 37.5. The van der Waals surface area contributed by atoms with Gasteiger partial charge in [0.15, 0.2) is 5.70 Å². The number of tetrazole rings is 1. The van der Waals surface area contributed by atoms with Crippen LogP contribution in [0.4, 0.5) is 18.9 Å². The number of benzene rings is 3. The van der Waals surface area contributed by atoms with Gasteiger partial charge in [0.05, 0.1) is 16.9 Å². The number of aromatic nitrogens is 4. The molecule has 4 atom stereocenters. The molecular formula is C33H29F3N7O10P. The molecule has 2 aliphatic heterocycles. The van der Waals surface area contributed by atoms with Crippen LogP contribution in [0.25, 0.3) is 0 Å². The number of non-ortho nitro benzene ring substituents is 1. The SMILES string of the molecule is CC(NC(=O)Cn1nnnc1C(F)(F)F)[C@H]1C(=O)N2C(C(=O)OCc3ccc([N+](=O)[O-])cc3)=C(OP(=O)(Oc3ccccc3)Oc3ccccc3)[C@H](C)[C@H]12. The van der Waals surface area contributed by atoms with Crippen molar-refractivity contribution in [2.75, 3.05) is 0 Å². The van der Waals surface area contributed by atoms with Gasteiger partial charge in [-0.3, -0.25) is 24.6 Å². The molecule has 2 amide bonds. The van der Waals surface area contributed by atoms with Crippen LogP contribution in [0.2, 0.25) is 0 Å². The zero-order valence-corrected chi connectivity index (χ0v) is 29.0. The van der Waals surface area contributed by atoms with Crippen LogP contribution in [0, 0.1) is 22.0 Å². The van der Waals surface area contributed by atoms with Crippen LogP contribution in [0.5, 0.6) is 11.5 Å². The highest BCUT2D eigenvalue weighted by Crippen LogP contribution is 2.57. The standard InChI is InChI=1S/C33H29F3N7O10P/c1-19-27-26(20(2)37-25(44)17-41-32(33(34,35)36)38-39-40-41)30(45)42(27)28(31(46)50-18-21-13-15-22(16-14-21)43(47)48)29(19)53-54(49,51-23-9-5-3-6-10-23)52-24-11-7-4-8-12-24/h3-16,19-20,26-27H,17-18H2,1-2H3,(H,37,44)/t19-,20?,26-,27-/m1/s1. The van der Waals surface area contributed by atoms with Gasteiger partial charge in [0, 0.05) is 24.1 Å². The lowest BCUT2D eigenvalue weighted by molar-refractivity contribution is -0.384. The van der Waals surface area contributed by atoms with Gasteiger partial charge in [-0.05, 0) is 59.3 Å². The number of fused-ring (bicyclic) bond motifs is 1. The summed E-state index contributed by atoms with van der Waals surface area (Å²) in [4.78, 5) is 52.0. The molecule has 0 bridgehead atoms. The monoisotopic (exact) mass is 771 g/mol. The van der Waals surface area contributed by atoms with E-state index in [2.05, 4.69) is 20.8 Å². The lowest BCUT2D eigenvalue weighted by Gasteiger charge is -2.47. The van der Waals surface area contributed by atoms with Crippen LogP contribution in [0.15, 0.2) is 96.4 Å². The average Bonchev–Trinajstić information content (AvgIpc) is 3.68. The number of carbonyl (C=O) groups excluding carboxylic acids is 3. The number of nitro benzene ring substituents is 1. The lowest BCUT2D eigenvalue weighted by Crippen LogP contribution is -2.66. The fraction of sp³-hybridized carbons (Fsp3) is 0.273. The minimum Gasteiger partial charge on any atom is -0.456 e. The van der Waals surface area contributed by atoms with E-state index in [0.29, 0.717) is 5.56 Å². The number of rotatable bonds is 14. The molecule has 0 aliphatic carbocycles. The molecule has 4 aromatic rings. The molecule has 1 N–H and O–H groups in total. The summed E-state index contributed by atoms with van der Waals surface area (Å²) < 4.78 is 77.5. The minimum atomic E-state index is -4.93. The Morgan fingerprint density at radius 2 is 1.57 bits per heavy atom. The summed E-state index contributed by atoms with van der Waals surface area (Å²) in [5.74, 6) is -6.34. The quantitative estimate of drug-likeness (QED) is 0.0601. The van der Waals surface area contributed by atoms with Crippen molar-refractivity contribution in [3.63, 3.8) is 0 Å². The summed E-state index contributed by atoms with van der Waals surface area (Å²) in [5.41, 5.74) is -0.266. The third-order valence-corrected chi connectivity index (χ3v) is 9.73. The maximum atomic E-state index is 14.4. The van der Waals surface area contributed by atoms with Crippen molar-refractivity contribution in [2.24, 2.45) is 11.8 Å². The number of nitrogens with one attached hydrogen (secondary N) is 1. The molecule has 54 heavy (non-hydrogen) atoms. The molecule has 3 heterocycles. The van der Waals surface area contributed by atoms with Crippen molar-refractivity contribution in [1.82, 2.24) is 30.4 Å². The Morgan fingerprint density at radius 3 is 2.13 bits per heavy atom. The molecule has 282 valence electrons. The van der Waals surface area contributed by atoms with Crippen LogP contribution < -0.4 is 14.4 Å². The molecule has 3 aromatic carbocycles. The third kappa shape index (κ3) is 7.87. The second-order valence-corrected chi connectivity index (χ2v) is 13.5. The van der Waals surface area contributed by atoms with Gasteiger partial charge in [0.2, 0.25) is 11.8 Å². The number of phosphoric acid groups is 1. The van der Waals surface area contributed by atoms with E-state index in [1.807, 2.05) is 0 Å². The molecule has 0 saturated carbocycles. The molecule has 1 saturated heterocycles. The van der Waals surface area contributed by atoms with E-state index < -0.39 is 78.7 Å². The van der Waals surface area contributed by atoms with E-state index >= 15 is 0 Å². The number of amides is 2. The Hall–Kier alpha value is -6.30. The van der Waals surface area contributed by atoms with Crippen molar-refractivity contribution in [3.8, 4) is 11.5 Å². The predicted molar refractivity (Wildman–Crippen MR) is 176 cm³/mol. The second kappa shape index (κ2) is 15.0. The Morgan fingerprint density at radius 1 is 0.981 bits per heavy atom. The van der Waals surface area contributed by atoms with Crippen molar-refractivity contribution in [3.05, 3.63) is 118 Å². The molecule has 1 unspecified atom stereocenters. The largest absolute Gasteiger partial charge is 0.646 e. The van der Waals surface area contributed by atoms with E-state index in [4.69, 9.17) is 18.3 Å². The molecular weight excluding hydrogens is 742 g/mol. The zero-order valence-electron chi connectivity index (χ0n) is 28.2. The number of esters is 1. The van der Waals surface area contributed by atoms with Gasteiger partial charge in [-0.25, -0.2) is 9.48 Å². The molecule has 2 aliphatic rings. The van der Waals surface area contributed by atoms with Crippen molar-refractivity contribution >= 4 is 31.3 Å². The Bertz CT molecular complexity index is 2090. The summed E-state index contributed by atoms with van der Waals surface area (Å²) in [5, 5.41) is 22.7. The van der Waals surface area contributed by atoms with Crippen LogP contribution in [0.3, 0.4) is 0 Å². The number of halogens is 3. The minimum absolute atomic E-state index is 0.0788. The number of alkyl halides is 3. The van der Waals surface area contributed by atoms with E-state index in [-0.39, 0.29) is 34.2 Å². The van der Waals surface area contributed by atoms with Crippen LogP contribution in [0.1, 0.15) is 25.2 Å². The molecule has 21 heteroatoms. The smallest absolute Gasteiger partial charge is 0.456 e. The number of para-hydroxylation sites is 2. The topological polar surface area (TPSA) is 207 Å². The molecule has 17 nitrogen and oxygen atoms in total. The van der Waals surface area contributed by atoms with Gasteiger partial charge in [0.25, 0.3) is 11.5 Å². The molecule has 1 aromatic heterocycles. The summed E-state index contributed by atoms with van der Waals surface area (Å²) in [6, 6.07) is 19.0. The average molecular weight is 772 g/mol. The Kier molecular flexibility index (Phi) is 10.4. The van der Waals surface area contributed by atoms with Crippen molar-refractivity contribution < 1.29 is 55.4 Å². The van der Waals surface area contributed by atoms with Gasteiger partial charge in [-0.15, -0.1) is 5.10 Å². The van der Waals surface area contributed by atoms with Gasteiger partial charge in [-0.2, -0.15) is 17.7 Å². The maximum absolute atomic E-state index is 14.4. The fourth-order valence-electron chi connectivity index (χ4n) is 6.02. The maximum Gasteiger partial charge on any atom is 0.646 e. The summed E-state index contributed by atoms with van der Waals surface area (Å²) in [7, 11) is -4.73. The summed E-state index contributed by atoms with van der Waals surface area (Å²) in [6.07, 6.45) is -4.93. The van der Waals surface area contributed by atoms with Crippen LogP contribution in [-0.2, 0) is 47.5 Å². The van der Waals surface area contributed by atoms with Crippen molar-refractivity contribution in [2.45, 2.75) is 45.3 Å². The van der Waals surface area contributed by atoms with Crippen molar-refractivity contribution in [1.29, 1.82) is 0 Å². The number of β-lactam (4-membered cyclic amide) rings is 1. The van der Waals surface area contributed by atoms with E-state index in [1.165, 1.54) is 55.5 Å². The van der Waals surface area contributed by atoms with Gasteiger partial charge in [0.1, 0.15) is 30.4 Å². The number of hydrogen-bond acceptors (Lipinski definition) is 13. The fourth-order valence-corrected chi connectivity index (χ4v) is 7.38. The van der Waals surface area contributed by atoms with Crippen LogP contribution in [-0.4, -0.2) is 59.9 Å². The van der Waals surface area contributed by atoms with E-state index in [9.17, 15) is 42.2 Å². The number of ether oxygens (including phenoxy) is 1. The first-order chi connectivity index (χ1) is 25.6. The number of nitrogens with zero attached hydrogens (tertiary/aromatic N) is 6. The molecule has 0 radical (unpaired) electrons. The summed E-state index contributed by atoms with van der Waals surface area (Å²) >= 11 is 0. The second-order valence-electron chi connectivity index (χ2n) is 12.1. The molecule has 0 spiro atoms. The normalized spacial score (nSPS) is 18.6. The molecule has 1 fully saturated rings. The van der Waals surface area contributed by atoms with E-state index in [0.717, 1.165) is 4.90 Å². The number of nitro groups is 1. The van der Waals surface area contributed by atoms with Gasteiger partial charge in [-0.1, -0.05) is 43.3 Å². The highest BCUT2D eigenvalue weighted by molar-refractivity contribution is 7.49. The Balaban J connectivity index is 1.28. The third-order valence-electron chi connectivity index (χ3n) is 8.44. The van der Waals surface area contributed by atoms with E-state index in [1.54, 1.807) is 43.3 Å². The first-order valence-corrected chi connectivity index (χ1v) is 17.5. The summed E-state index contributed by atoms with van der Waals surface area (Å²) in [6.45, 7) is 1.70. The van der Waals surface area contributed by atoms with Crippen LogP contribution >= 0.6 is 7.82 Å². The Labute approximate surface area is 303 Å². The highest BCUT2D eigenvalue weighted by Gasteiger charge is 2.62. The first-order valence-electron chi connectivity index (χ1n) is 16.0. The van der Waals surface area contributed by atoms with Gasteiger partial charge < -0.3 is 23.6 Å².